The quantitative estimate of drug-likeness (QED) is 0.445. The summed E-state index contributed by atoms with van der Waals surface area (Å²) < 4.78 is 12.1. The molecule has 5 nitrogen and oxygen atoms in total. The Bertz CT molecular complexity index is 1010. The van der Waals surface area contributed by atoms with Crippen LogP contribution in [0.5, 0.6) is 5.75 Å². The molecule has 0 spiro atoms. The molecule has 30 heavy (non-hydrogen) atoms. The minimum atomic E-state index is 0.168. The van der Waals surface area contributed by atoms with E-state index in [9.17, 15) is 4.79 Å². The van der Waals surface area contributed by atoms with Crippen molar-refractivity contribution < 1.29 is 14.1 Å². The lowest BCUT2D eigenvalue weighted by molar-refractivity contribution is -0.131. The third-order valence-electron chi connectivity index (χ3n) is 5.39. The fourth-order valence-corrected chi connectivity index (χ4v) is 3.93. The Kier molecular flexibility index (Phi) is 6.23. The molecule has 0 bridgehead atoms. The molecule has 1 saturated carbocycles. The lowest BCUT2D eigenvalue weighted by atomic mass is 10.1. The van der Waals surface area contributed by atoms with Crippen molar-refractivity contribution in [2.75, 3.05) is 0 Å². The zero-order valence-electron chi connectivity index (χ0n) is 17.2. The highest BCUT2D eigenvalue weighted by atomic mass is 79.9. The number of aromatic nitrogens is 1. The van der Waals surface area contributed by atoms with Gasteiger partial charge < -0.3 is 14.2 Å². The Morgan fingerprint density at radius 2 is 1.93 bits per heavy atom. The number of ether oxygens (including phenoxy) is 1. The van der Waals surface area contributed by atoms with Crippen LogP contribution in [0.2, 0.25) is 0 Å². The predicted octanol–water partition coefficient (Wildman–Crippen LogP) is 5.37. The van der Waals surface area contributed by atoms with E-state index in [-0.39, 0.29) is 5.91 Å². The molecule has 0 aliphatic heterocycles. The number of rotatable bonds is 8. The predicted molar refractivity (Wildman–Crippen MR) is 118 cm³/mol. The first-order valence-electron chi connectivity index (χ1n) is 10.2. The molecule has 0 radical (unpaired) electrons. The molecule has 2 aromatic carbocycles. The van der Waals surface area contributed by atoms with Crippen molar-refractivity contribution >= 4 is 21.8 Å². The second-order valence-electron chi connectivity index (χ2n) is 7.79. The largest absolute Gasteiger partial charge is 0.489 e. The van der Waals surface area contributed by atoms with Gasteiger partial charge in [-0.05, 0) is 62.1 Å². The number of amides is 1. The molecule has 1 fully saturated rings. The van der Waals surface area contributed by atoms with Gasteiger partial charge in [0.15, 0.2) is 0 Å². The van der Waals surface area contributed by atoms with E-state index in [1.165, 1.54) is 0 Å². The smallest absolute Gasteiger partial charge is 0.227 e. The SMILES string of the molecule is Cc1noc(C)c1COc1ccc(CC(=O)N(Cc2cccc(Br)c2)C2CC2)cc1. The first kappa shape index (κ1) is 20.7. The van der Waals surface area contributed by atoms with Gasteiger partial charge in [-0.25, -0.2) is 0 Å². The summed E-state index contributed by atoms with van der Waals surface area (Å²) in [7, 11) is 0. The van der Waals surface area contributed by atoms with Crippen molar-refractivity contribution in [3.8, 4) is 5.75 Å². The number of hydrogen-bond donors (Lipinski definition) is 0. The van der Waals surface area contributed by atoms with Gasteiger partial charge in [0.25, 0.3) is 0 Å². The van der Waals surface area contributed by atoms with E-state index < -0.39 is 0 Å². The van der Waals surface area contributed by atoms with Gasteiger partial charge >= 0.3 is 0 Å². The second kappa shape index (κ2) is 9.04. The number of hydrogen-bond acceptors (Lipinski definition) is 4. The highest BCUT2D eigenvalue weighted by molar-refractivity contribution is 9.10. The number of nitrogens with zero attached hydrogens (tertiary/aromatic N) is 2. The molecule has 156 valence electrons. The zero-order chi connectivity index (χ0) is 21.1. The molecule has 0 unspecified atom stereocenters. The number of aryl methyl sites for hydroxylation is 2. The summed E-state index contributed by atoms with van der Waals surface area (Å²) in [6.45, 7) is 4.86. The Labute approximate surface area is 185 Å². The molecule has 1 aliphatic carbocycles. The Morgan fingerprint density at radius 1 is 1.17 bits per heavy atom. The molecular weight excluding hydrogens is 444 g/mol. The fraction of sp³-hybridized carbons (Fsp3) is 0.333. The minimum Gasteiger partial charge on any atom is -0.489 e. The van der Waals surface area contributed by atoms with E-state index in [1.807, 2.05) is 55.1 Å². The van der Waals surface area contributed by atoms with Gasteiger partial charge in [0.1, 0.15) is 18.1 Å². The molecule has 1 aromatic heterocycles. The van der Waals surface area contributed by atoms with Crippen molar-refractivity contribution in [1.82, 2.24) is 10.1 Å². The summed E-state index contributed by atoms with van der Waals surface area (Å²) in [4.78, 5) is 15.0. The van der Waals surface area contributed by atoms with E-state index in [4.69, 9.17) is 9.26 Å². The number of carbonyl (C=O) groups is 1. The van der Waals surface area contributed by atoms with Crippen LogP contribution in [0.15, 0.2) is 57.5 Å². The Balaban J connectivity index is 1.36. The van der Waals surface area contributed by atoms with E-state index in [0.717, 1.165) is 51.2 Å². The van der Waals surface area contributed by atoms with Gasteiger partial charge in [-0.3, -0.25) is 4.79 Å². The minimum absolute atomic E-state index is 0.168. The Hall–Kier alpha value is -2.60. The molecule has 0 atom stereocenters. The van der Waals surface area contributed by atoms with Crippen molar-refractivity contribution in [1.29, 1.82) is 0 Å². The lowest BCUT2D eigenvalue weighted by Crippen LogP contribution is -2.33. The summed E-state index contributed by atoms with van der Waals surface area (Å²) in [6, 6.07) is 16.3. The normalized spacial score (nSPS) is 13.3. The highest BCUT2D eigenvalue weighted by Crippen LogP contribution is 2.29. The Morgan fingerprint density at radius 3 is 2.57 bits per heavy atom. The van der Waals surface area contributed by atoms with E-state index in [1.54, 1.807) is 0 Å². The van der Waals surface area contributed by atoms with E-state index in [2.05, 4.69) is 33.2 Å². The van der Waals surface area contributed by atoms with Crippen LogP contribution in [0.25, 0.3) is 0 Å². The molecular formula is C24H25BrN2O3. The highest BCUT2D eigenvalue weighted by Gasteiger charge is 2.32. The first-order valence-corrected chi connectivity index (χ1v) is 11.0. The summed E-state index contributed by atoms with van der Waals surface area (Å²) in [5.41, 5.74) is 3.96. The van der Waals surface area contributed by atoms with Crippen LogP contribution in [0, 0.1) is 13.8 Å². The van der Waals surface area contributed by atoms with Crippen LogP contribution < -0.4 is 4.74 Å². The average Bonchev–Trinajstić information content (AvgIpc) is 3.52. The van der Waals surface area contributed by atoms with Gasteiger partial charge in [0.05, 0.1) is 17.7 Å². The topological polar surface area (TPSA) is 55.6 Å². The van der Waals surface area contributed by atoms with E-state index >= 15 is 0 Å². The monoisotopic (exact) mass is 468 g/mol. The van der Waals surface area contributed by atoms with Crippen LogP contribution in [0.3, 0.4) is 0 Å². The molecule has 0 N–H and O–H groups in total. The maximum atomic E-state index is 13.0. The van der Waals surface area contributed by atoms with E-state index in [0.29, 0.717) is 25.6 Å². The van der Waals surface area contributed by atoms with Crippen LogP contribution in [-0.2, 0) is 24.4 Å². The zero-order valence-corrected chi connectivity index (χ0v) is 18.8. The van der Waals surface area contributed by atoms with Crippen LogP contribution in [-0.4, -0.2) is 22.0 Å². The molecule has 0 saturated heterocycles. The third-order valence-corrected chi connectivity index (χ3v) is 5.89. The molecule has 1 amide bonds. The van der Waals surface area contributed by atoms with Crippen molar-refractivity contribution in [3.63, 3.8) is 0 Å². The van der Waals surface area contributed by atoms with Gasteiger partial charge in [-0.15, -0.1) is 0 Å². The number of halogens is 1. The number of benzene rings is 2. The summed E-state index contributed by atoms with van der Waals surface area (Å²) >= 11 is 3.51. The van der Waals surface area contributed by atoms with Gasteiger partial charge in [-0.1, -0.05) is 45.4 Å². The lowest BCUT2D eigenvalue weighted by Gasteiger charge is -2.23. The third kappa shape index (κ3) is 5.11. The van der Waals surface area contributed by atoms with Crippen molar-refractivity contribution in [2.45, 2.75) is 52.3 Å². The maximum absolute atomic E-state index is 13.0. The second-order valence-corrected chi connectivity index (χ2v) is 8.71. The molecule has 1 heterocycles. The van der Waals surface area contributed by atoms with Gasteiger partial charge in [-0.2, -0.15) is 0 Å². The summed E-state index contributed by atoms with van der Waals surface area (Å²) in [5.74, 6) is 1.71. The summed E-state index contributed by atoms with van der Waals surface area (Å²) in [5, 5.41) is 3.95. The van der Waals surface area contributed by atoms with Crippen LogP contribution in [0.4, 0.5) is 0 Å². The van der Waals surface area contributed by atoms with Gasteiger partial charge in [0.2, 0.25) is 5.91 Å². The standard InChI is InChI=1S/C24H25BrN2O3/c1-16-23(17(2)30-26-16)15-29-22-10-6-18(7-11-22)13-24(28)27(21-8-9-21)14-19-4-3-5-20(25)12-19/h3-7,10-12,21H,8-9,13-15H2,1-2H3. The number of carbonyl (C=O) groups excluding carboxylic acids is 1. The maximum Gasteiger partial charge on any atom is 0.227 e. The molecule has 1 aliphatic rings. The first-order chi connectivity index (χ1) is 14.5. The van der Waals surface area contributed by atoms with Crippen LogP contribution >= 0.6 is 15.9 Å². The van der Waals surface area contributed by atoms with Gasteiger partial charge in [0, 0.05) is 17.1 Å². The molecule has 4 rings (SSSR count). The molecule has 3 aromatic rings. The van der Waals surface area contributed by atoms with Crippen molar-refractivity contribution in [3.05, 3.63) is 81.1 Å². The van der Waals surface area contributed by atoms with Crippen molar-refractivity contribution in [2.24, 2.45) is 0 Å². The summed E-state index contributed by atoms with van der Waals surface area (Å²) in [6.07, 6.45) is 2.58. The molecule has 6 heteroatoms. The van der Waals surface area contributed by atoms with Crippen LogP contribution in [0.1, 0.15) is 41.0 Å². The fourth-order valence-electron chi connectivity index (χ4n) is 3.48. The average molecular weight is 469 g/mol.